The summed E-state index contributed by atoms with van der Waals surface area (Å²) in [6.45, 7) is 4.44. The maximum atomic E-state index is 10.9. The number of nitrogens with two attached hydrogens (primary N) is 1. The van der Waals surface area contributed by atoms with Gasteiger partial charge in [-0.25, -0.2) is 5.84 Å². The summed E-state index contributed by atoms with van der Waals surface area (Å²) in [6, 6.07) is 8.66. The summed E-state index contributed by atoms with van der Waals surface area (Å²) >= 11 is 0. The third-order valence-corrected chi connectivity index (χ3v) is 2.70. The maximum Gasteiger partial charge on any atom is 0.233 e. The standard InChI is InChI=1S/C14H22N2O/c1-11(2)10-13-8-6-12(7-9-13)4-3-5-14(17)16-15/h6-9,11H,3-5,10,15H2,1-2H3,(H,16,17). The van der Waals surface area contributed by atoms with Crippen LogP contribution in [0.4, 0.5) is 0 Å². The van der Waals surface area contributed by atoms with E-state index in [9.17, 15) is 4.79 Å². The van der Waals surface area contributed by atoms with Gasteiger partial charge >= 0.3 is 0 Å². The molecule has 0 aliphatic carbocycles. The molecule has 0 saturated carbocycles. The number of hydrogen-bond donors (Lipinski definition) is 2. The molecule has 3 nitrogen and oxygen atoms in total. The van der Waals surface area contributed by atoms with E-state index in [1.54, 1.807) is 0 Å². The Morgan fingerprint density at radius 3 is 2.35 bits per heavy atom. The molecule has 0 atom stereocenters. The average molecular weight is 234 g/mol. The molecular weight excluding hydrogens is 212 g/mol. The number of hydrazine groups is 1. The predicted molar refractivity (Wildman–Crippen MR) is 70.3 cm³/mol. The van der Waals surface area contributed by atoms with E-state index in [1.165, 1.54) is 11.1 Å². The van der Waals surface area contributed by atoms with Gasteiger partial charge in [0.1, 0.15) is 0 Å². The fraction of sp³-hybridized carbons (Fsp3) is 0.500. The molecule has 0 aliphatic rings. The number of nitrogens with one attached hydrogen (secondary N) is 1. The number of benzene rings is 1. The lowest BCUT2D eigenvalue weighted by Gasteiger charge is -2.06. The molecule has 1 aromatic rings. The highest BCUT2D eigenvalue weighted by atomic mass is 16.2. The number of rotatable bonds is 6. The van der Waals surface area contributed by atoms with Gasteiger partial charge in [-0.2, -0.15) is 0 Å². The smallest absolute Gasteiger partial charge is 0.233 e. The van der Waals surface area contributed by atoms with Gasteiger partial charge in [0.25, 0.3) is 0 Å². The molecule has 1 rings (SSSR count). The number of amides is 1. The van der Waals surface area contributed by atoms with E-state index in [-0.39, 0.29) is 5.91 Å². The Bertz CT molecular complexity index is 344. The van der Waals surface area contributed by atoms with Crippen LogP contribution in [0.2, 0.25) is 0 Å². The Kier molecular flexibility index (Phi) is 5.70. The summed E-state index contributed by atoms with van der Waals surface area (Å²) in [5, 5.41) is 0. The normalized spacial score (nSPS) is 10.6. The Labute approximate surface area is 103 Å². The third-order valence-electron chi connectivity index (χ3n) is 2.70. The largest absolute Gasteiger partial charge is 0.294 e. The van der Waals surface area contributed by atoms with E-state index in [0.717, 1.165) is 19.3 Å². The highest BCUT2D eigenvalue weighted by molar-refractivity contribution is 5.75. The van der Waals surface area contributed by atoms with Gasteiger partial charge in [0.2, 0.25) is 5.91 Å². The molecular formula is C14H22N2O. The second kappa shape index (κ2) is 7.07. The third kappa shape index (κ3) is 5.50. The van der Waals surface area contributed by atoms with Crippen molar-refractivity contribution >= 4 is 5.91 Å². The van der Waals surface area contributed by atoms with Crippen molar-refractivity contribution in [3.05, 3.63) is 35.4 Å². The zero-order valence-electron chi connectivity index (χ0n) is 10.7. The molecule has 0 spiro atoms. The highest BCUT2D eigenvalue weighted by Crippen LogP contribution is 2.11. The molecule has 0 fully saturated rings. The van der Waals surface area contributed by atoms with Crippen molar-refractivity contribution in [2.45, 2.75) is 39.5 Å². The number of aryl methyl sites for hydroxylation is 1. The first kappa shape index (κ1) is 13.7. The van der Waals surface area contributed by atoms with Crippen LogP contribution in [0.3, 0.4) is 0 Å². The van der Waals surface area contributed by atoms with Gasteiger partial charge in [-0.1, -0.05) is 38.1 Å². The van der Waals surface area contributed by atoms with Crippen LogP contribution in [0, 0.1) is 5.92 Å². The predicted octanol–water partition coefficient (Wildman–Crippen LogP) is 2.20. The molecule has 94 valence electrons. The van der Waals surface area contributed by atoms with Crippen LogP contribution >= 0.6 is 0 Å². The fourth-order valence-corrected chi connectivity index (χ4v) is 1.84. The minimum Gasteiger partial charge on any atom is -0.294 e. The summed E-state index contributed by atoms with van der Waals surface area (Å²) in [5.74, 6) is 5.61. The van der Waals surface area contributed by atoms with Crippen LogP contribution in [0.15, 0.2) is 24.3 Å². The van der Waals surface area contributed by atoms with Crippen LogP contribution < -0.4 is 11.3 Å². The molecule has 0 aliphatic heterocycles. The minimum atomic E-state index is -0.0959. The quantitative estimate of drug-likeness (QED) is 0.450. The monoisotopic (exact) mass is 234 g/mol. The molecule has 3 heteroatoms. The van der Waals surface area contributed by atoms with E-state index < -0.39 is 0 Å². The van der Waals surface area contributed by atoms with Gasteiger partial charge in [-0.3, -0.25) is 10.2 Å². The summed E-state index contributed by atoms with van der Waals surface area (Å²) in [6.07, 6.45) is 3.38. The van der Waals surface area contributed by atoms with Gasteiger partial charge in [-0.15, -0.1) is 0 Å². The summed E-state index contributed by atoms with van der Waals surface area (Å²) in [5.41, 5.74) is 4.80. The van der Waals surface area contributed by atoms with E-state index in [0.29, 0.717) is 12.3 Å². The van der Waals surface area contributed by atoms with E-state index in [1.807, 2.05) is 0 Å². The fourth-order valence-electron chi connectivity index (χ4n) is 1.84. The Hall–Kier alpha value is -1.35. The second-order valence-corrected chi connectivity index (χ2v) is 4.84. The lowest BCUT2D eigenvalue weighted by molar-refractivity contribution is -0.121. The summed E-state index contributed by atoms with van der Waals surface area (Å²) in [7, 11) is 0. The topological polar surface area (TPSA) is 55.1 Å². The number of hydrogen-bond acceptors (Lipinski definition) is 2. The Morgan fingerprint density at radius 2 is 1.82 bits per heavy atom. The zero-order chi connectivity index (χ0) is 12.7. The molecule has 1 amide bonds. The minimum absolute atomic E-state index is 0.0959. The van der Waals surface area contributed by atoms with Crippen molar-refractivity contribution in [3.63, 3.8) is 0 Å². The SMILES string of the molecule is CC(C)Cc1ccc(CCCC(=O)NN)cc1. The van der Waals surface area contributed by atoms with Gasteiger partial charge < -0.3 is 0 Å². The van der Waals surface area contributed by atoms with Gasteiger partial charge in [0.15, 0.2) is 0 Å². The number of carbonyl (C=O) groups is 1. The van der Waals surface area contributed by atoms with Crippen molar-refractivity contribution in [3.8, 4) is 0 Å². The molecule has 0 saturated heterocycles. The van der Waals surface area contributed by atoms with Crippen LogP contribution in [-0.2, 0) is 17.6 Å². The van der Waals surface area contributed by atoms with Crippen LogP contribution in [0.1, 0.15) is 37.8 Å². The molecule has 0 radical (unpaired) electrons. The molecule has 3 N–H and O–H groups in total. The first-order valence-corrected chi connectivity index (χ1v) is 6.19. The summed E-state index contributed by atoms with van der Waals surface area (Å²) in [4.78, 5) is 10.9. The van der Waals surface area contributed by atoms with Crippen LogP contribution in [-0.4, -0.2) is 5.91 Å². The van der Waals surface area contributed by atoms with E-state index >= 15 is 0 Å². The molecule has 0 bridgehead atoms. The highest BCUT2D eigenvalue weighted by Gasteiger charge is 2.00. The maximum absolute atomic E-state index is 10.9. The number of carbonyl (C=O) groups excluding carboxylic acids is 1. The molecule has 0 aromatic heterocycles. The van der Waals surface area contributed by atoms with Gasteiger partial charge in [0, 0.05) is 6.42 Å². The van der Waals surface area contributed by atoms with Crippen LogP contribution in [0.5, 0.6) is 0 Å². The lowest BCUT2D eigenvalue weighted by atomic mass is 10.00. The Morgan fingerprint density at radius 1 is 1.24 bits per heavy atom. The van der Waals surface area contributed by atoms with Crippen molar-refractivity contribution in [2.24, 2.45) is 11.8 Å². The molecule has 0 heterocycles. The van der Waals surface area contributed by atoms with Crippen molar-refractivity contribution in [2.75, 3.05) is 0 Å². The van der Waals surface area contributed by atoms with Crippen molar-refractivity contribution < 1.29 is 4.79 Å². The van der Waals surface area contributed by atoms with Gasteiger partial charge in [0.05, 0.1) is 0 Å². The molecule has 17 heavy (non-hydrogen) atoms. The molecule has 1 aromatic carbocycles. The first-order chi connectivity index (χ1) is 8.11. The van der Waals surface area contributed by atoms with Crippen molar-refractivity contribution in [1.82, 2.24) is 5.43 Å². The van der Waals surface area contributed by atoms with Gasteiger partial charge in [-0.05, 0) is 36.3 Å². The summed E-state index contributed by atoms with van der Waals surface area (Å²) < 4.78 is 0. The first-order valence-electron chi connectivity index (χ1n) is 6.19. The van der Waals surface area contributed by atoms with E-state index in [4.69, 9.17) is 5.84 Å². The Balaban J connectivity index is 2.37. The second-order valence-electron chi connectivity index (χ2n) is 4.84. The lowest BCUT2D eigenvalue weighted by Crippen LogP contribution is -2.29. The van der Waals surface area contributed by atoms with Crippen LogP contribution in [0.25, 0.3) is 0 Å². The molecule has 0 unspecified atom stereocenters. The van der Waals surface area contributed by atoms with Crippen molar-refractivity contribution in [1.29, 1.82) is 0 Å². The average Bonchev–Trinajstić information content (AvgIpc) is 2.30. The zero-order valence-corrected chi connectivity index (χ0v) is 10.7. The van der Waals surface area contributed by atoms with E-state index in [2.05, 4.69) is 43.5 Å².